The van der Waals surface area contributed by atoms with Gasteiger partial charge in [0.05, 0.1) is 16.3 Å². The molecule has 2 rings (SSSR count). The van der Waals surface area contributed by atoms with Crippen molar-refractivity contribution in [2.24, 2.45) is 0 Å². The van der Waals surface area contributed by atoms with Crippen LogP contribution in [0.15, 0.2) is 42.5 Å². The average molecular weight is 292 g/mol. The van der Waals surface area contributed by atoms with Crippen molar-refractivity contribution in [3.63, 3.8) is 0 Å². The number of aromatic hydroxyl groups is 1. The maximum absolute atomic E-state index is 12.0. The van der Waals surface area contributed by atoms with Gasteiger partial charge in [-0.25, -0.2) is 4.79 Å². The summed E-state index contributed by atoms with van der Waals surface area (Å²) in [5.41, 5.74) is 0.447. The lowest BCUT2D eigenvalue weighted by Crippen LogP contribution is -2.12. The van der Waals surface area contributed by atoms with Crippen LogP contribution in [0.1, 0.15) is 20.7 Å². The molecule has 0 aliphatic heterocycles. The molecule has 3 N–H and O–H groups in total. The van der Waals surface area contributed by atoms with Gasteiger partial charge in [0.15, 0.2) is 0 Å². The van der Waals surface area contributed by atoms with E-state index in [1.807, 2.05) is 0 Å². The molecule has 0 atom stereocenters. The van der Waals surface area contributed by atoms with Crippen molar-refractivity contribution < 1.29 is 19.8 Å². The third-order valence-electron chi connectivity index (χ3n) is 2.57. The van der Waals surface area contributed by atoms with E-state index >= 15 is 0 Å². The Morgan fingerprint density at radius 1 is 1.05 bits per heavy atom. The molecule has 0 heterocycles. The molecule has 0 radical (unpaired) electrons. The summed E-state index contributed by atoms with van der Waals surface area (Å²) >= 11 is 5.91. The summed E-state index contributed by atoms with van der Waals surface area (Å²) in [5, 5.41) is 20.9. The van der Waals surface area contributed by atoms with Crippen molar-refractivity contribution in [3.05, 3.63) is 58.6 Å². The van der Waals surface area contributed by atoms with E-state index in [0.29, 0.717) is 0 Å². The van der Waals surface area contributed by atoms with Gasteiger partial charge in [0.25, 0.3) is 5.91 Å². The van der Waals surface area contributed by atoms with Gasteiger partial charge in [-0.3, -0.25) is 4.79 Å². The molecule has 0 aromatic heterocycles. The van der Waals surface area contributed by atoms with Gasteiger partial charge in [-0.1, -0.05) is 17.7 Å². The Bertz CT molecular complexity index is 685. The number of carbonyl (C=O) groups excluding carboxylic acids is 1. The molecule has 0 aliphatic rings. The second-order valence-corrected chi connectivity index (χ2v) is 4.41. The first-order chi connectivity index (χ1) is 9.47. The Morgan fingerprint density at radius 3 is 2.45 bits per heavy atom. The lowest BCUT2D eigenvalue weighted by molar-refractivity contribution is 0.0696. The van der Waals surface area contributed by atoms with Crippen LogP contribution in [0.4, 0.5) is 5.69 Å². The summed E-state index contributed by atoms with van der Waals surface area (Å²) in [6, 6.07) is 9.78. The van der Waals surface area contributed by atoms with E-state index in [1.165, 1.54) is 42.5 Å². The van der Waals surface area contributed by atoms with Crippen LogP contribution in [0.5, 0.6) is 5.75 Å². The highest BCUT2D eigenvalue weighted by atomic mass is 35.5. The Morgan fingerprint density at radius 2 is 1.80 bits per heavy atom. The lowest BCUT2D eigenvalue weighted by atomic mass is 10.1. The van der Waals surface area contributed by atoms with Gasteiger partial charge in [0, 0.05) is 5.56 Å². The number of rotatable bonds is 3. The second-order valence-electron chi connectivity index (χ2n) is 4.00. The van der Waals surface area contributed by atoms with Crippen molar-refractivity contribution in [1.29, 1.82) is 0 Å². The zero-order valence-corrected chi connectivity index (χ0v) is 10.9. The molecule has 2 aromatic rings. The molecule has 5 nitrogen and oxygen atoms in total. The number of phenolic OH excluding ortho intramolecular Hbond substituents is 1. The number of hydrogen-bond donors (Lipinski definition) is 3. The maximum Gasteiger partial charge on any atom is 0.335 e. The van der Waals surface area contributed by atoms with Crippen LogP contribution in [0.25, 0.3) is 0 Å². The summed E-state index contributed by atoms with van der Waals surface area (Å²) in [6.07, 6.45) is 0. The number of carbonyl (C=O) groups is 2. The Labute approximate surface area is 119 Å². The SMILES string of the molecule is O=C(O)c1ccc(Cl)c(NC(=O)c2cccc(O)c2)c1. The van der Waals surface area contributed by atoms with Crippen LogP contribution in [-0.2, 0) is 0 Å². The highest BCUT2D eigenvalue weighted by Crippen LogP contribution is 2.24. The normalized spacial score (nSPS) is 10.1. The van der Waals surface area contributed by atoms with Gasteiger partial charge < -0.3 is 15.5 Å². The molecule has 0 aliphatic carbocycles. The fourth-order valence-electron chi connectivity index (χ4n) is 1.60. The minimum atomic E-state index is -1.12. The van der Waals surface area contributed by atoms with Crippen LogP contribution in [0, 0.1) is 0 Å². The third kappa shape index (κ3) is 3.07. The first kappa shape index (κ1) is 13.9. The molecule has 2 aromatic carbocycles. The summed E-state index contributed by atoms with van der Waals surface area (Å²) in [6.45, 7) is 0. The van der Waals surface area contributed by atoms with Gasteiger partial charge in [-0.05, 0) is 36.4 Å². The number of phenols is 1. The number of benzene rings is 2. The summed E-state index contributed by atoms with van der Waals surface area (Å²) in [7, 11) is 0. The van der Waals surface area contributed by atoms with Gasteiger partial charge in [-0.2, -0.15) is 0 Å². The summed E-state index contributed by atoms with van der Waals surface area (Å²) in [4.78, 5) is 22.8. The first-order valence-corrected chi connectivity index (χ1v) is 5.98. The van der Waals surface area contributed by atoms with Gasteiger partial charge >= 0.3 is 5.97 Å². The minimum Gasteiger partial charge on any atom is -0.508 e. The van der Waals surface area contributed by atoms with Gasteiger partial charge in [0.2, 0.25) is 0 Å². The number of aromatic carboxylic acids is 1. The zero-order valence-electron chi connectivity index (χ0n) is 10.1. The average Bonchev–Trinajstić information content (AvgIpc) is 2.41. The van der Waals surface area contributed by atoms with Crippen LogP contribution >= 0.6 is 11.6 Å². The molecule has 1 amide bonds. The van der Waals surface area contributed by atoms with Crippen LogP contribution < -0.4 is 5.32 Å². The molecule has 0 unspecified atom stereocenters. The monoisotopic (exact) mass is 291 g/mol. The molecule has 20 heavy (non-hydrogen) atoms. The molecule has 0 spiro atoms. The fourth-order valence-corrected chi connectivity index (χ4v) is 1.76. The Kier molecular flexibility index (Phi) is 3.91. The standard InChI is InChI=1S/C14H10ClNO4/c15-11-5-4-9(14(19)20)7-12(11)16-13(18)8-2-1-3-10(17)6-8/h1-7,17H,(H,16,18)(H,19,20). The van der Waals surface area contributed by atoms with Crippen molar-refractivity contribution in [2.45, 2.75) is 0 Å². The largest absolute Gasteiger partial charge is 0.508 e. The Balaban J connectivity index is 2.27. The molecule has 0 bridgehead atoms. The molecule has 6 heteroatoms. The van der Waals surface area contributed by atoms with Crippen molar-refractivity contribution in [2.75, 3.05) is 5.32 Å². The van der Waals surface area contributed by atoms with Crippen LogP contribution in [0.2, 0.25) is 5.02 Å². The van der Waals surface area contributed by atoms with E-state index < -0.39 is 11.9 Å². The smallest absolute Gasteiger partial charge is 0.335 e. The molecule has 0 fully saturated rings. The number of halogens is 1. The quantitative estimate of drug-likeness (QED) is 0.811. The molecule has 102 valence electrons. The third-order valence-corrected chi connectivity index (χ3v) is 2.90. The van der Waals surface area contributed by atoms with E-state index in [4.69, 9.17) is 16.7 Å². The number of carboxylic acid groups (broad SMARTS) is 1. The summed E-state index contributed by atoms with van der Waals surface area (Å²) < 4.78 is 0. The van der Waals surface area contributed by atoms with Crippen LogP contribution in [-0.4, -0.2) is 22.1 Å². The predicted octanol–water partition coefficient (Wildman–Crippen LogP) is 3.00. The van der Waals surface area contributed by atoms with Crippen molar-refractivity contribution >= 4 is 29.2 Å². The zero-order chi connectivity index (χ0) is 14.7. The topological polar surface area (TPSA) is 86.6 Å². The van der Waals surface area contributed by atoms with E-state index in [9.17, 15) is 14.7 Å². The van der Waals surface area contributed by atoms with Gasteiger partial charge in [0.1, 0.15) is 5.75 Å². The Hall–Kier alpha value is -2.53. The molecule has 0 saturated carbocycles. The van der Waals surface area contributed by atoms with Gasteiger partial charge in [-0.15, -0.1) is 0 Å². The van der Waals surface area contributed by atoms with E-state index in [-0.39, 0.29) is 27.6 Å². The first-order valence-electron chi connectivity index (χ1n) is 5.60. The number of carboxylic acids is 1. The maximum atomic E-state index is 12.0. The minimum absolute atomic E-state index is 0.0145. The highest BCUT2D eigenvalue weighted by molar-refractivity contribution is 6.34. The highest BCUT2D eigenvalue weighted by Gasteiger charge is 2.11. The van der Waals surface area contributed by atoms with Crippen molar-refractivity contribution in [3.8, 4) is 5.75 Å². The van der Waals surface area contributed by atoms with E-state index in [1.54, 1.807) is 0 Å². The van der Waals surface area contributed by atoms with Crippen molar-refractivity contribution in [1.82, 2.24) is 0 Å². The number of amides is 1. The number of hydrogen-bond acceptors (Lipinski definition) is 3. The predicted molar refractivity (Wildman–Crippen MR) is 74.5 cm³/mol. The molecular formula is C14H10ClNO4. The van der Waals surface area contributed by atoms with E-state index in [2.05, 4.69) is 5.32 Å². The van der Waals surface area contributed by atoms with E-state index in [0.717, 1.165) is 0 Å². The molecular weight excluding hydrogens is 282 g/mol. The summed E-state index contributed by atoms with van der Waals surface area (Å²) in [5.74, 6) is -1.65. The lowest BCUT2D eigenvalue weighted by Gasteiger charge is -2.08. The second kappa shape index (κ2) is 5.63. The van der Waals surface area contributed by atoms with Crippen LogP contribution in [0.3, 0.4) is 0 Å². The number of nitrogens with one attached hydrogen (secondary N) is 1. The fraction of sp³-hybridized carbons (Fsp3) is 0. The molecule has 0 saturated heterocycles. The number of anilines is 1.